The molecule has 0 aliphatic rings. The Kier molecular flexibility index (Phi) is 2.76. The molecule has 0 aliphatic heterocycles. The Morgan fingerprint density at radius 1 is 1.53 bits per heavy atom. The lowest BCUT2D eigenvalue weighted by Gasteiger charge is -2.12. The molecule has 78 valence electrons. The number of nitrogens with zero attached hydrogens (tertiary/aromatic N) is 4. The standard InChI is InChI=1S/C9H9IN4O/c1-7(13(2)10)15-14-9-6-4-3-5-8(9)11-12-14/h3-6H,1H2,2H3. The molecule has 1 aromatic heterocycles. The molecular formula is C9H9IN4O. The SMILES string of the molecule is C=C(On1nnc2ccccc21)N(C)I. The number of hydrogen-bond acceptors (Lipinski definition) is 4. The number of fused-ring (bicyclic) bond motifs is 1. The topological polar surface area (TPSA) is 43.2 Å². The summed E-state index contributed by atoms with van der Waals surface area (Å²) in [5.41, 5.74) is 1.61. The van der Waals surface area contributed by atoms with Crippen LogP contribution in [0.1, 0.15) is 0 Å². The lowest BCUT2D eigenvalue weighted by atomic mass is 10.3. The van der Waals surface area contributed by atoms with Crippen molar-refractivity contribution in [2.75, 3.05) is 7.05 Å². The first-order chi connectivity index (χ1) is 7.18. The molecular weight excluding hydrogens is 307 g/mol. The van der Waals surface area contributed by atoms with Crippen molar-refractivity contribution in [1.82, 2.24) is 18.3 Å². The zero-order valence-corrected chi connectivity index (χ0v) is 10.2. The summed E-state index contributed by atoms with van der Waals surface area (Å²) in [6.07, 6.45) is 0. The first-order valence-corrected chi connectivity index (χ1v) is 5.22. The van der Waals surface area contributed by atoms with Crippen LogP contribution < -0.4 is 4.84 Å². The van der Waals surface area contributed by atoms with Gasteiger partial charge in [-0.25, -0.2) is 0 Å². The van der Waals surface area contributed by atoms with Gasteiger partial charge in [0.25, 0.3) is 0 Å². The number of aromatic nitrogens is 3. The quantitative estimate of drug-likeness (QED) is 0.490. The fourth-order valence-corrected chi connectivity index (χ4v) is 1.16. The minimum Gasteiger partial charge on any atom is -0.338 e. The molecule has 5 nitrogen and oxygen atoms in total. The number of rotatable bonds is 3. The van der Waals surface area contributed by atoms with E-state index in [1.165, 1.54) is 4.85 Å². The number of para-hydroxylation sites is 1. The average Bonchev–Trinajstić information content (AvgIpc) is 2.62. The molecule has 0 amide bonds. The van der Waals surface area contributed by atoms with Crippen LogP contribution in [0.3, 0.4) is 0 Å². The first-order valence-electron chi connectivity index (χ1n) is 4.25. The van der Waals surface area contributed by atoms with Crippen molar-refractivity contribution >= 4 is 33.9 Å². The molecule has 0 aliphatic carbocycles. The van der Waals surface area contributed by atoms with Crippen LogP contribution in [0.25, 0.3) is 11.0 Å². The molecule has 0 fully saturated rings. The molecule has 0 saturated carbocycles. The summed E-state index contributed by atoms with van der Waals surface area (Å²) in [4.78, 5) is 6.75. The van der Waals surface area contributed by atoms with Crippen molar-refractivity contribution in [2.45, 2.75) is 0 Å². The molecule has 0 saturated heterocycles. The largest absolute Gasteiger partial charge is 0.338 e. The van der Waals surface area contributed by atoms with E-state index in [9.17, 15) is 0 Å². The van der Waals surface area contributed by atoms with E-state index in [2.05, 4.69) is 39.8 Å². The molecule has 1 heterocycles. The van der Waals surface area contributed by atoms with Crippen LogP contribution >= 0.6 is 22.9 Å². The van der Waals surface area contributed by atoms with Crippen molar-refractivity contribution in [3.05, 3.63) is 36.7 Å². The molecule has 0 atom stereocenters. The third-order valence-corrected chi connectivity index (χ3v) is 2.40. The highest BCUT2D eigenvalue weighted by Crippen LogP contribution is 2.10. The van der Waals surface area contributed by atoms with Gasteiger partial charge in [0.2, 0.25) is 5.88 Å². The summed E-state index contributed by atoms with van der Waals surface area (Å²) in [6.45, 7) is 3.74. The third kappa shape index (κ3) is 2.04. The van der Waals surface area contributed by atoms with Crippen LogP contribution in [-0.2, 0) is 0 Å². The number of hydrogen-bond donors (Lipinski definition) is 0. The van der Waals surface area contributed by atoms with Crippen molar-refractivity contribution < 1.29 is 4.84 Å². The number of benzene rings is 1. The van der Waals surface area contributed by atoms with E-state index < -0.39 is 0 Å². The molecule has 6 heteroatoms. The Labute approximate surface area is 101 Å². The highest BCUT2D eigenvalue weighted by Gasteiger charge is 2.06. The summed E-state index contributed by atoms with van der Waals surface area (Å²) < 4.78 is 1.73. The van der Waals surface area contributed by atoms with Crippen LogP contribution in [-0.4, -0.2) is 25.3 Å². The van der Waals surface area contributed by atoms with Gasteiger partial charge < -0.3 is 4.84 Å². The van der Waals surface area contributed by atoms with Gasteiger partial charge in [0.15, 0.2) is 0 Å². The van der Waals surface area contributed by atoms with E-state index in [1.807, 2.05) is 31.3 Å². The van der Waals surface area contributed by atoms with Crippen molar-refractivity contribution in [3.8, 4) is 0 Å². The van der Waals surface area contributed by atoms with E-state index in [0.717, 1.165) is 11.0 Å². The van der Waals surface area contributed by atoms with Gasteiger partial charge in [-0.05, 0) is 23.9 Å². The molecule has 15 heavy (non-hydrogen) atoms. The Bertz CT molecular complexity index is 494. The van der Waals surface area contributed by atoms with Gasteiger partial charge in [0.1, 0.15) is 11.0 Å². The normalized spacial score (nSPS) is 10.3. The van der Waals surface area contributed by atoms with Gasteiger partial charge >= 0.3 is 0 Å². The maximum atomic E-state index is 5.40. The summed E-state index contributed by atoms with van der Waals surface area (Å²) in [6, 6.07) is 7.57. The van der Waals surface area contributed by atoms with Crippen molar-refractivity contribution in [2.24, 2.45) is 0 Å². The van der Waals surface area contributed by atoms with Crippen molar-refractivity contribution in [3.63, 3.8) is 0 Å². The predicted molar refractivity (Wildman–Crippen MR) is 65.0 cm³/mol. The highest BCUT2D eigenvalue weighted by molar-refractivity contribution is 14.1. The molecule has 0 unspecified atom stereocenters. The van der Waals surface area contributed by atoms with Gasteiger partial charge in [0, 0.05) is 7.05 Å². The summed E-state index contributed by atoms with van der Waals surface area (Å²) in [5, 5.41) is 7.83. The fraction of sp³-hybridized carbons (Fsp3) is 0.111. The predicted octanol–water partition coefficient (Wildman–Crippen LogP) is 1.61. The third-order valence-electron chi connectivity index (χ3n) is 1.86. The van der Waals surface area contributed by atoms with E-state index in [4.69, 9.17) is 4.84 Å². The zero-order valence-electron chi connectivity index (χ0n) is 8.09. The van der Waals surface area contributed by atoms with E-state index in [1.54, 1.807) is 3.11 Å². The summed E-state index contributed by atoms with van der Waals surface area (Å²) >= 11 is 2.06. The minimum absolute atomic E-state index is 0.492. The van der Waals surface area contributed by atoms with Crippen LogP contribution in [0.2, 0.25) is 0 Å². The second-order valence-electron chi connectivity index (χ2n) is 2.91. The monoisotopic (exact) mass is 316 g/mol. The Balaban J connectivity index is 2.33. The second-order valence-corrected chi connectivity index (χ2v) is 4.36. The molecule has 0 N–H and O–H groups in total. The van der Waals surface area contributed by atoms with Crippen LogP contribution in [0, 0.1) is 0 Å². The van der Waals surface area contributed by atoms with Crippen LogP contribution in [0.5, 0.6) is 0 Å². The fourth-order valence-electron chi connectivity index (χ4n) is 1.07. The molecule has 2 aromatic rings. The van der Waals surface area contributed by atoms with E-state index >= 15 is 0 Å². The Hall–Kier alpha value is -1.31. The Morgan fingerprint density at radius 3 is 3.00 bits per heavy atom. The summed E-state index contributed by atoms with van der Waals surface area (Å²) in [7, 11) is 1.84. The molecule has 0 radical (unpaired) electrons. The van der Waals surface area contributed by atoms with Crippen molar-refractivity contribution in [1.29, 1.82) is 0 Å². The van der Waals surface area contributed by atoms with Crippen LogP contribution in [0.15, 0.2) is 36.7 Å². The Morgan fingerprint density at radius 2 is 2.27 bits per heavy atom. The van der Waals surface area contributed by atoms with Gasteiger partial charge in [0.05, 0.1) is 22.9 Å². The maximum absolute atomic E-state index is 5.40. The molecule has 0 spiro atoms. The van der Waals surface area contributed by atoms with E-state index in [-0.39, 0.29) is 0 Å². The zero-order chi connectivity index (χ0) is 10.8. The maximum Gasteiger partial charge on any atom is 0.226 e. The van der Waals surface area contributed by atoms with Gasteiger partial charge in [-0.2, -0.15) is 0 Å². The lowest BCUT2D eigenvalue weighted by Crippen LogP contribution is -2.19. The van der Waals surface area contributed by atoms with Gasteiger partial charge in [-0.15, -0.1) is 5.10 Å². The highest BCUT2D eigenvalue weighted by atomic mass is 127. The number of halogens is 1. The first kappa shape index (κ1) is 10.2. The smallest absolute Gasteiger partial charge is 0.226 e. The van der Waals surface area contributed by atoms with Gasteiger partial charge in [-0.1, -0.05) is 17.0 Å². The molecule has 1 aromatic carbocycles. The lowest BCUT2D eigenvalue weighted by molar-refractivity contribution is 0.123. The average molecular weight is 316 g/mol. The minimum atomic E-state index is 0.492. The second kappa shape index (κ2) is 4.05. The summed E-state index contributed by atoms with van der Waals surface area (Å²) in [5.74, 6) is 0.492. The molecule has 0 bridgehead atoms. The van der Waals surface area contributed by atoms with Gasteiger partial charge in [-0.3, -0.25) is 3.11 Å². The van der Waals surface area contributed by atoms with Crippen LogP contribution in [0.4, 0.5) is 0 Å². The molecule has 2 rings (SSSR count). The van der Waals surface area contributed by atoms with E-state index in [0.29, 0.717) is 5.88 Å².